The zero-order valence-corrected chi connectivity index (χ0v) is 22.3. The zero-order chi connectivity index (χ0) is 25.4. The maximum atomic E-state index is 12.8. The summed E-state index contributed by atoms with van der Waals surface area (Å²) in [5.74, 6) is -1.76. The summed E-state index contributed by atoms with van der Waals surface area (Å²) >= 11 is 18.7. The number of hydrogen-bond acceptors (Lipinski definition) is 8. The molecular weight excluding hydrogens is 549 g/mol. The smallest absolute Gasteiger partial charge is 0.410 e. The Bertz CT molecular complexity index is 1220. The number of rotatable bonds is 5. The highest BCUT2D eigenvalue weighted by Crippen LogP contribution is 2.44. The standard InChI is InChI=1S/C21H22Cl3NO7S2/c1-21(2,3)32-20(28)25-7-6-12(9-25)31-19(27)13-5-4-11(8-14(13)26)10-34(29,30)16-15(22)17(23)33-18(16)24/h4-5,8,12,26H,6-7,9-10H2,1-3H3. The topological polar surface area (TPSA) is 110 Å². The third kappa shape index (κ3) is 6.28. The van der Waals surface area contributed by atoms with Crippen molar-refractivity contribution >= 4 is 68.0 Å². The van der Waals surface area contributed by atoms with Crippen molar-refractivity contribution in [1.29, 1.82) is 0 Å². The number of sulfone groups is 1. The van der Waals surface area contributed by atoms with Crippen LogP contribution in [0.3, 0.4) is 0 Å². The number of phenols is 1. The van der Waals surface area contributed by atoms with Crippen LogP contribution in [-0.2, 0) is 25.1 Å². The molecule has 186 valence electrons. The lowest BCUT2D eigenvalue weighted by Gasteiger charge is -2.24. The van der Waals surface area contributed by atoms with E-state index in [0.29, 0.717) is 13.0 Å². The Hall–Kier alpha value is -1.72. The molecule has 1 saturated heterocycles. The van der Waals surface area contributed by atoms with Crippen molar-refractivity contribution in [2.75, 3.05) is 13.1 Å². The highest BCUT2D eigenvalue weighted by molar-refractivity contribution is 7.91. The van der Waals surface area contributed by atoms with Crippen molar-refractivity contribution in [2.24, 2.45) is 0 Å². The van der Waals surface area contributed by atoms with Crippen molar-refractivity contribution in [1.82, 2.24) is 4.90 Å². The van der Waals surface area contributed by atoms with Crippen LogP contribution in [0.1, 0.15) is 43.1 Å². The van der Waals surface area contributed by atoms with Gasteiger partial charge >= 0.3 is 12.1 Å². The van der Waals surface area contributed by atoms with Gasteiger partial charge in [-0.15, -0.1) is 11.3 Å². The molecule has 0 saturated carbocycles. The SMILES string of the molecule is CC(C)(C)OC(=O)N1CCC(OC(=O)c2ccc(CS(=O)(=O)c3c(Cl)sc(Cl)c3Cl)cc2O)C1. The molecule has 1 aromatic heterocycles. The van der Waals surface area contributed by atoms with Gasteiger partial charge in [0.25, 0.3) is 0 Å². The number of carbonyl (C=O) groups excluding carboxylic acids is 2. The maximum Gasteiger partial charge on any atom is 0.410 e. The van der Waals surface area contributed by atoms with Gasteiger partial charge in [-0.3, -0.25) is 0 Å². The zero-order valence-electron chi connectivity index (χ0n) is 18.4. The molecule has 2 aromatic rings. The van der Waals surface area contributed by atoms with Crippen LogP contribution in [-0.4, -0.2) is 55.3 Å². The molecule has 13 heteroatoms. The van der Waals surface area contributed by atoms with Crippen LogP contribution in [0.15, 0.2) is 23.1 Å². The number of halogens is 3. The Morgan fingerprint density at radius 2 is 1.88 bits per heavy atom. The fourth-order valence-electron chi connectivity index (χ4n) is 3.27. The van der Waals surface area contributed by atoms with Crippen LogP contribution in [0.2, 0.25) is 13.7 Å². The Morgan fingerprint density at radius 1 is 1.21 bits per heavy atom. The van der Waals surface area contributed by atoms with Gasteiger partial charge < -0.3 is 19.5 Å². The molecule has 1 aliphatic rings. The molecule has 3 rings (SSSR count). The van der Waals surface area contributed by atoms with Crippen molar-refractivity contribution in [2.45, 2.75) is 49.5 Å². The number of thiophene rings is 1. The number of hydrogen-bond donors (Lipinski definition) is 1. The molecule has 2 heterocycles. The third-order valence-electron chi connectivity index (χ3n) is 4.75. The number of nitrogens with zero attached hydrogens (tertiary/aromatic N) is 1. The second-order valence-corrected chi connectivity index (χ2v) is 13.2. The lowest BCUT2D eigenvalue weighted by Crippen LogP contribution is -2.36. The summed E-state index contributed by atoms with van der Waals surface area (Å²) < 4.78 is 36.2. The lowest BCUT2D eigenvalue weighted by atomic mass is 10.1. The van der Waals surface area contributed by atoms with Gasteiger partial charge in [0.05, 0.1) is 17.3 Å². The van der Waals surface area contributed by atoms with Gasteiger partial charge in [0.1, 0.15) is 36.6 Å². The van der Waals surface area contributed by atoms with Gasteiger partial charge in [0.15, 0.2) is 9.84 Å². The summed E-state index contributed by atoms with van der Waals surface area (Å²) in [6, 6.07) is 3.81. The lowest BCUT2D eigenvalue weighted by molar-refractivity contribution is 0.0190. The first-order valence-corrected chi connectivity index (χ1v) is 13.6. The van der Waals surface area contributed by atoms with E-state index in [4.69, 9.17) is 44.3 Å². The highest BCUT2D eigenvalue weighted by Gasteiger charge is 2.33. The maximum absolute atomic E-state index is 12.8. The minimum Gasteiger partial charge on any atom is -0.507 e. The van der Waals surface area contributed by atoms with E-state index in [1.807, 2.05) is 0 Å². The first-order chi connectivity index (χ1) is 15.7. The molecule has 1 unspecified atom stereocenters. The van der Waals surface area contributed by atoms with Gasteiger partial charge in [-0.2, -0.15) is 0 Å². The monoisotopic (exact) mass is 569 g/mol. The number of likely N-dealkylation sites (tertiary alicyclic amines) is 1. The van der Waals surface area contributed by atoms with E-state index in [2.05, 4.69) is 0 Å². The van der Waals surface area contributed by atoms with Crippen LogP contribution >= 0.6 is 46.1 Å². The quantitative estimate of drug-likeness (QED) is 0.469. The van der Waals surface area contributed by atoms with Crippen molar-refractivity contribution in [3.05, 3.63) is 43.0 Å². The third-order valence-corrected chi connectivity index (χ3v) is 9.04. The van der Waals surface area contributed by atoms with Crippen molar-refractivity contribution in [3.63, 3.8) is 0 Å². The Labute approximate surface area is 216 Å². The normalized spacial score (nSPS) is 16.5. The van der Waals surface area contributed by atoms with E-state index in [1.165, 1.54) is 17.0 Å². The molecule has 1 amide bonds. The number of aromatic hydroxyl groups is 1. The molecule has 0 spiro atoms. The minimum absolute atomic E-state index is 0.0586. The second-order valence-electron chi connectivity index (χ2n) is 8.65. The predicted molar refractivity (Wildman–Crippen MR) is 130 cm³/mol. The molecule has 1 aliphatic heterocycles. The van der Waals surface area contributed by atoms with E-state index < -0.39 is 45.1 Å². The summed E-state index contributed by atoms with van der Waals surface area (Å²) in [6.45, 7) is 5.81. The van der Waals surface area contributed by atoms with Gasteiger partial charge in [0.2, 0.25) is 0 Å². The van der Waals surface area contributed by atoms with Crippen LogP contribution in [0.5, 0.6) is 5.75 Å². The van der Waals surface area contributed by atoms with Gasteiger partial charge in [0, 0.05) is 13.0 Å². The van der Waals surface area contributed by atoms with Crippen molar-refractivity contribution < 1.29 is 32.6 Å². The first-order valence-electron chi connectivity index (χ1n) is 10.0. The number of ether oxygens (including phenoxy) is 2. The van der Waals surface area contributed by atoms with Crippen LogP contribution in [0.25, 0.3) is 0 Å². The van der Waals surface area contributed by atoms with E-state index >= 15 is 0 Å². The fraction of sp³-hybridized carbons (Fsp3) is 0.429. The Balaban J connectivity index is 1.66. The molecule has 0 aliphatic carbocycles. The summed E-state index contributed by atoms with van der Waals surface area (Å²) in [5, 5.41) is 10.2. The number of phenolic OH excluding ortho intramolecular Hbond substituents is 1. The Kier molecular flexibility index (Phi) is 7.99. The highest BCUT2D eigenvalue weighted by atomic mass is 35.5. The number of esters is 1. The fourth-order valence-corrected chi connectivity index (χ4v) is 7.61. The summed E-state index contributed by atoms with van der Waals surface area (Å²) in [5.41, 5.74) is -0.564. The largest absolute Gasteiger partial charge is 0.507 e. The van der Waals surface area contributed by atoms with Crippen LogP contribution in [0.4, 0.5) is 4.79 Å². The van der Waals surface area contributed by atoms with Crippen LogP contribution in [0, 0.1) is 0 Å². The minimum atomic E-state index is -3.96. The average molecular weight is 571 g/mol. The molecule has 0 bridgehead atoms. The Morgan fingerprint density at radius 3 is 2.44 bits per heavy atom. The predicted octanol–water partition coefficient (Wildman–Crippen LogP) is 5.55. The molecule has 1 N–H and O–H groups in total. The molecule has 1 atom stereocenters. The summed E-state index contributed by atoms with van der Waals surface area (Å²) in [7, 11) is -3.96. The molecule has 1 fully saturated rings. The van der Waals surface area contributed by atoms with Crippen molar-refractivity contribution in [3.8, 4) is 5.75 Å². The van der Waals surface area contributed by atoms with Gasteiger partial charge in [-0.1, -0.05) is 40.9 Å². The summed E-state index contributed by atoms with van der Waals surface area (Å²) in [6.07, 6.45) is -0.633. The number of carbonyl (C=O) groups is 2. The number of amides is 1. The van der Waals surface area contributed by atoms with Crippen LogP contribution < -0.4 is 0 Å². The second kappa shape index (κ2) is 10.1. The molecule has 1 aromatic carbocycles. The molecule has 34 heavy (non-hydrogen) atoms. The van der Waals surface area contributed by atoms with E-state index in [1.54, 1.807) is 20.8 Å². The van der Waals surface area contributed by atoms with E-state index in [0.717, 1.165) is 17.4 Å². The summed E-state index contributed by atoms with van der Waals surface area (Å²) in [4.78, 5) is 25.9. The number of benzene rings is 1. The van der Waals surface area contributed by atoms with E-state index in [9.17, 15) is 23.1 Å². The molecule has 0 radical (unpaired) electrons. The average Bonchev–Trinajstić information content (AvgIpc) is 3.24. The van der Waals surface area contributed by atoms with Gasteiger partial charge in [-0.25, -0.2) is 18.0 Å². The van der Waals surface area contributed by atoms with E-state index in [-0.39, 0.29) is 36.3 Å². The van der Waals surface area contributed by atoms with Gasteiger partial charge in [-0.05, 0) is 38.5 Å². The molecular formula is C21H22Cl3NO7S2. The molecule has 8 nitrogen and oxygen atoms in total. The first kappa shape index (κ1) is 26.9.